The Kier molecular flexibility index (Phi) is 8.08. The van der Waals surface area contributed by atoms with Crippen LogP contribution in [-0.4, -0.2) is 61.5 Å². The van der Waals surface area contributed by atoms with Crippen molar-refractivity contribution >= 4 is 44.7 Å². The number of nitrogens with two attached hydrogens (primary N) is 3. The number of nitrogens with one attached hydrogen (secondary N) is 1. The number of likely N-dealkylation sites (tertiary alicyclic amines) is 1. The van der Waals surface area contributed by atoms with Gasteiger partial charge in [0.2, 0.25) is 5.91 Å². The van der Waals surface area contributed by atoms with Crippen molar-refractivity contribution in [3.05, 3.63) is 87.8 Å². The Labute approximate surface area is 263 Å². The monoisotopic (exact) mass is 631 g/mol. The number of amides is 2. The lowest BCUT2D eigenvalue weighted by atomic mass is 9.69. The molecule has 1 aliphatic carbocycles. The molecule has 0 saturated carbocycles. The molecule has 2 heterocycles. The molecule has 0 spiro atoms. The number of ketones is 1. The molecule has 2 unspecified atom stereocenters. The average Bonchev–Trinajstić information content (AvgIpc) is 3.60. The summed E-state index contributed by atoms with van der Waals surface area (Å²) >= 11 is 1.09. The highest BCUT2D eigenvalue weighted by molar-refractivity contribution is 7.21. The predicted octanol–water partition coefficient (Wildman–Crippen LogP) is 3.68. The minimum Gasteiger partial charge on any atom is -0.457 e. The first-order valence-electron chi connectivity index (χ1n) is 14.5. The number of benzene rings is 3. The summed E-state index contributed by atoms with van der Waals surface area (Å²) in [5.41, 5.74) is 20.8. The Balaban J connectivity index is 1.35. The van der Waals surface area contributed by atoms with E-state index in [1.807, 2.05) is 43.3 Å². The second-order valence-electron chi connectivity index (χ2n) is 11.4. The summed E-state index contributed by atoms with van der Waals surface area (Å²) in [5.74, 6) is -0.103. The molecule has 12 heteroatoms. The second kappa shape index (κ2) is 11.9. The summed E-state index contributed by atoms with van der Waals surface area (Å²) in [6.07, 6.45) is -1.34. The molecule has 3 aromatic carbocycles. The Morgan fingerprint density at radius 1 is 1.09 bits per heavy atom. The molecule has 1 fully saturated rings. The number of Topliss-reactive ketones (excluding diaryl/α,β-unsaturated/α-hetero) is 1. The van der Waals surface area contributed by atoms with Crippen LogP contribution in [0, 0.1) is 6.92 Å². The number of methoxy groups -OCH3 is 1. The number of nitrogens with zero attached hydrogens (tertiary/aromatic N) is 1. The molecule has 2 aliphatic rings. The van der Waals surface area contributed by atoms with E-state index in [0.717, 1.165) is 11.3 Å². The number of carbonyl (C=O) groups excluding carboxylic acids is 3. The van der Waals surface area contributed by atoms with Crippen molar-refractivity contribution < 1.29 is 28.2 Å². The zero-order chi connectivity index (χ0) is 32.0. The summed E-state index contributed by atoms with van der Waals surface area (Å²) in [4.78, 5) is 41.8. The first-order chi connectivity index (χ1) is 21.5. The van der Waals surface area contributed by atoms with Crippen molar-refractivity contribution in [2.24, 2.45) is 11.5 Å². The van der Waals surface area contributed by atoms with Gasteiger partial charge in [-0.05, 0) is 53.9 Å². The van der Waals surface area contributed by atoms with E-state index in [1.165, 1.54) is 12.0 Å². The molecule has 4 atom stereocenters. The standard InChI is InChI=1S/C33H34FN5O5S/c1-17-14-19(44-18-6-4-3-5-7-18)8-9-20(17)33(37)21-10-11-23(35)29-26(21)27(28(36)31(33)41)30(45-29)32(42)38-24-16-39(15-22(24)34)25(40)12-13-43-2/h3-11,14,22,24,28H,12-13,15-16,35-37H2,1-2H3,(H,38,42)/t22-,24+,28?,33?/m1/s1. The normalized spacial score (nSPS) is 22.6. The summed E-state index contributed by atoms with van der Waals surface area (Å²) in [7, 11) is 1.48. The molecule has 1 saturated heterocycles. The van der Waals surface area contributed by atoms with E-state index in [9.17, 15) is 18.8 Å². The zero-order valence-corrected chi connectivity index (χ0v) is 25.7. The van der Waals surface area contributed by atoms with Gasteiger partial charge in [-0.15, -0.1) is 11.3 Å². The molecular formula is C33H34FN5O5S. The Bertz CT molecular complexity index is 1810. The lowest BCUT2D eigenvalue weighted by Gasteiger charge is -2.37. The van der Waals surface area contributed by atoms with Gasteiger partial charge in [0.25, 0.3) is 5.91 Å². The molecule has 10 nitrogen and oxygen atoms in total. The SMILES string of the molecule is COCCC(=O)N1C[C@@H](F)[C@@H](NC(=O)c2sc3c(N)ccc4c3c2C(N)C(=O)C4(N)c2ccc(Oc3ccccc3)cc2C)C1. The van der Waals surface area contributed by atoms with Crippen LogP contribution in [0.3, 0.4) is 0 Å². The van der Waals surface area contributed by atoms with E-state index in [-0.39, 0.29) is 36.9 Å². The van der Waals surface area contributed by atoms with Crippen LogP contribution in [0.25, 0.3) is 10.1 Å². The summed E-state index contributed by atoms with van der Waals surface area (Å²) in [6, 6.07) is 15.8. The molecule has 7 N–H and O–H groups in total. The van der Waals surface area contributed by atoms with E-state index < -0.39 is 35.5 Å². The van der Waals surface area contributed by atoms with E-state index in [2.05, 4.69) is 5.32 Å². The van der Waals surface area contributed by atoms with Gasteiger partial charge in [0.05, 0.1) is 41.2 Å². The fraction of sp³-hybridized carbons (Fsp3) is 0.303. The number of hydrogen-bond acceptors (Lipinski definition) is 9. The van der Waals surface area contributed by atoms with Crippen LogP contribution in [0.1, 0.15) is 44.4 Å². The highest BCUT2D eigenvalue weighted by atomic mass is 32.1. The maximum absolute atomic E-state index is 15.0. The molecule has 2 amide bonds. The number of rotatable bonds is 8. The fourth-order valence-electron chi connectivity index (χ4n) is 6.28. The highest BCUT2D eigenvalue weighted by Gasteiger charge is 2.49. The van der Waals surface area contributed by atoms with Gasteiger partial charge in [0.15, 0.2) is 5.78 Å². The fourth-order valence-corrected chi connectivity index (χ4v) is 7.48. The zero-order valence-electron chi connectivity index (χ0n) is 24.8. The number of para-hydroxylation sites is 1. The lowest BCUT2D eigenvalue weighted by Crippen LogP contribution is -2.53. The van der Waals surface area contributed by atoms with E-state index in [4.69, 9.17) is 26.7 Å². The number of alkyl halides is 1. The Morgan fingerprint density at radius 2 is 1.82 bits per heavy atom. The van der Waals surface area contributed by atoms with Crippen LogP contribution in [0.5, 0.6) is 11.5 Å². The van der Waals surface area contributed by atoms with E-state index in [0.29, 0.717) is 49.5 Å². The molecule has 45 heavy (non-hydrogen) atoms. The van der Waals surface area contributed by atoms with E-state index >= 15 is 0 Å². The van der Waals surface area contributed by atoms with Crippen molar-refractivity contribution in [2.45, 2.75) is 37.1 Å². The van der Waals surface area contributed by atoms with Crippen LogP contribution in [0.15, 0.2) is 60.7 Å². The maximum Gasteiger partial charge on any atom is 0.262 e. The molecule has 234 valence electrons. The lowest BCUT2D eigenvalue weighted by molar-refractivity contribution is -0.131. The van der Waals surface area contributed by atoms with Gasteiger partial charge >= 0.3 is 0 Å². The van der Waals surface area contributed by atoms with Crippen molar-refractivity contribution in [3.8, 4) is 11.5 Å². The molecule has 0 bridgehead atoms. The third-order valence-corrected chi connectivity index (χ3v) is 9.81. The summed E-state index contributed by atoms with van der Waals surface area (Å²) < 4.78 is 26.5. The number of aryl methyl sites for hydroxylation is 1. The van der Waals surface area contributed by atoms with Gasteiger partial charge in [-0.2, -0.15) is 0 Å². The minimum absolute atomic E-state index is 0.0171. The first kappa shape index (κ1) is 30.7. The number of nitrogen functional groups attached to an aromatic ring is 1. The quantitative estimate of drug-likeness (QED) is 0.214. The van der Waals surface area contributed by atoms with Crippen molar-refractivity contribution in [1.29, 1.82) is 0 Å². The van der Waals surface area contributed by atoms with Gasteiger partial charge in [-0.25, -0.2) is 4.39 Å². The van der Waals surface area contributed by atoms with Gasteiger partial charge in [-0.1, -0.05) is 30.3 Å². The van der Waals surface area contributed by atoms with Crippen LogP contribution < -0.4 is 27.3 Å². The van der Waals surface area contributed by atoms with Gasteiger partial charge in [-0.3, -0.25) is 14.4 Å². The largest absolute Gasteiger partial charge is 0.457 e. The number of ether oxygens (including phenoxy) is 2. The van der Waals surface area contributed by atoms with Crippen LogP contribution in [0.4, 0.5) is 10.1 Å². The average molecular weight is 632 g/mol. The Morgan fingerprint density at radius 3 is 2.53 bits per heavy atom. The molecule has 1 aromatic heterocycles. The maximum atomic E-state index is 15.0. The smallest absolute Gasteiger partial charge is 0.262 e. The van der Waals surface area contributed by atoms with Crippen molar-refractivity contribution in [2.75, 3.05) is 32.5 Å². The third-order valence-electron chi connectivity index (χ3n) is 8.56. The number of hydrogen-bond donors (Lipinski definition) is 4. The second-order valence-corrected chi connectivity index (χ2v) is 12.5. The predicted molar refractivity (Wildman–Crippen MR) is 170 cm³/mol. The number of anilines is 1. The van der Waals surface area contributed by atoms with Crippen molar-refractivity contribution in [3.63, 3.8) is 0 Å². The molecule has 4 aromatic rings. The molecular weight excluding hydrogens is 597 g/mol. The van der Waals surface area contributed by atoms with Gasteiger partial charge in [0, 0.05) is 30.3 Å². The van der Waals surface area contributed by atoms with Crippen LogP contribution in [-0.2, 0) is 19.9 Å². The summed E-state index contributed by atoms with van der Waals surface area (Å²) in [6.45, 7) is 1.95. The van der Waals surface area contributed by atoms with Gasteiger partial charge < -0.3 is 36.9 Å². The number of halogens is 1. The number of thiophene rings is 1. The molecule has 6 rings (SSSR count). The molecule has 0 radical (unpaired) electrons. The third kappa shape index (κ3) is 5.23. The van der Waals surface area contributed by atoms with Crippen LogP contribution in [0.2, 0.25) is 0 Å². The minimum atomic E-state index is -1.64. The Hall–Kier alpha value is -4.36. The van der Waals surface area contributed by atoms with Gasteiger partial charge in [0.1, 0.15) is 23.2 Å². The molecule has 1 aliphatic heterocycles. The highest BCUT2D eigenvalue weighted by Crippen LogP contribution is 2.50. The van der Waals surface area contributed by atoms with E-state index in [1.54, 1.807) is 24.3 Å². The first-order valence-corrected chi connectivity index (χ1v) is 15.4. The summed E-state index contributed by atoms with van der Waals surface area (Å²) in [5, 5.41) is 3.27. The topological polar surface area (TPSA) is 163 Å². The number of carbonyl (C=O) groups is 3. The van der Waals surface area contributed by atoms with Crippen molar-refractivity contribution in [1.82, 2.24) is 10.2 Å². The van der Waals surface area contributed by atoms with Crippen LogP contribution >= 0.6 is 11.3 Å².